The van der Waals surface area contributed by atoms with Crippen molar-refractivity contribution in [2.75, 3.05) is 14.2 Å². The summed E-state index contributed by atoms with van der Waals surface area (Å²) < 4.78 is 24.0. The quantitative estimate of drug-likeness (QED) is 0.914. The lowest BCUT2D eigenvalue weighted by Crippen LogP contribution is -2.14. The Morgan fingerprint density at radius 1 is 1.00 bits per heavy atom. The van der Waals surface area contributed by atoms with Gasteiger partial charge in [-0.25, -0.2) is 4.39 Å². The molecule has 0 bridgehead atoms. The molecule has 2 aromatic rings. The minimum Gasteiger partial charge on any atom is -0.495 e. The van der Waals surface area contributed by atoms with Gasteiger partial charge in [-0.05, 0) is 23.8 Å². The van der Waals surface area contributed by atoms with Gasteiger partial charge in [-0.2, -0.15) is 0 Å². The van der Waals surface area contributed by atoms with E-state index in [1.165, 1.54) is 20.3 Å². The molecule has 0 fully saturated rings. The van der Waals surface area contributed by atoms with Crippen LogP contribution in [0.25, 0.3) is 0 Å². The molecule has 0 spiro atoms. The van der Waals surface area contributed by atoms with Crippen LogP contribution in [-0.2, 0) is 0 Å². The zero-order valence-electron chi connectivity index (χ0n) is 11.5. The average Bonchev–Trinajstić information content (AvgIpc) is 2.49. The molecule has 0 aliphatic carbocycles. The van der Waals surface area contributed by atoms with Crippen molar-refractivity contribution in [1.82, 2.24) is 0 Å². The van der Waals surface area contributed by atoms with E-state index in [2.05, 4.69) is 0 Å². The molecule has 0 saturated heterocycles. The normalized spacial score (nSPS) is 12.1. The van der Waals surface area contributed by atoms with Crippen molar-refractivity contribution in [3.8, 4) is 11.5 Å². The van der Waals surface area contributed by atoms with E-state index in [4.69, 9.17) is 38.4 Å². The number of benzene rings is 2. The van der Waals surface area contributed by atoms with E-state index in [-0.39, 0.29) is 5.02 Å². The predicted molar refractivity (Wildman–Crippen MR) is 82.0 cm³/mol. The molecule has 1 atom stereocenters. The van der Waals surface area contributed by atoms with Gasteiger partial charge in [0.25, 0.3) is 0 Å². The van der Waals surface area contributed by atoms with E-state index < -0.39 is 11.9 Å². The zero-order chi connectivity index (χ0) is 15.6. The van der Waals surface area contributed by atoms with Crippen molar-refractivity contribution in [2.24, 2.45) is 5.73 Å². The molecule has 3 nitrogen and oxygen atoms in total. The van der Waals surface area contributed by atoms with Gasteiger partial charge in [0.05, 0.1) is 25.3 Å². The molecule has 0 aliphatic heterocycles. The van der Waals surface area contributed by atoms with Crippen molar-refractivity contribution in [2.45, 2.75) is 6.04 Å². The molecular formula is C15H14Cl2FNO2. The first-order chi connectivity index (χ1) is 10.0. The molecule has 0 radical (unpaired) electrons. The fourth-order valence-electron chi connectivity index (χ4n) is 2.09. The van der Waals surface area contributed by atoms with E-state index in [9.17, 15) is 4.39 Å². The van der Waals surface area contributed by atoms with E-state index in [1.54, 1.807) is 24.3 Å². The molecule has 1 unspecified atom stereocenters. The number of halogens is 3. The van der Waals surface area contributed by atoms with Gasteiger partial charge >= 0.3 is 0 Å². The maximum absolute atomic E-state index is 13.6. The van der Waals surface area contributed by atoms with Crippen LogP contribution in [0.2, 0.25) is 10.0 Å². The zero-order valence-corrected chi connectivity index (χ0v) is 13.0. The Morgan fingerprint density at radius 2 is 1.71 bits per heavy atom. The lowest BCUT2D eigenvalue weighted by atomic mass is 9.98. The summed E-state index contributed by atoms with van der Waals surface area (Å²) in [6.07, 6.45) is 0. The number of ether oxygens (including phenoxy) is 2. The smallest absolute Gasteiger partial charge is 0.146 e. The largest absolute Gasteiger partial charge is 0.495 e. The second-order valence-electron chi connectivity index (χ2n) is 4.32. The molecule has 21 heavy (non-hydrogen) atoms. The fraction of sp³-hybridized carbons (Fsp3) is 0.200. The van der Waals surface area contributed by atoms with E-state index in [1.807, 2.05) is 0 Å². The van der Waals surface area contributed by atoms with Crippen molar-refractivity contribution >= 4 is 23.2 Å². The Morgan fingerprint density at radius 3 is 2.33 bits per heavy atom. The minimum absolute atomic E-state index is 0.0148. The average molecular weight is 330 g/mol. The lowest BCUT2D eigenvalue weighted by Gasteiger charge is -2.19. The number of hydrogen-bond acceptors (Lipinski definition) is 3. The molecule has 0 saturated carbocycles. The van der Waals surface area contributed by atoms with Crippen molar-refractivity contribution in [3.63, 3.8) is 0 Å². The summed E-state index contributed by atoms with van der Waals surface area (Å²) in [5, 5.41) is 0.291. The van der Waals surface area contributed by atoms with Crippen LogP contribution in [0.3, 0.4) is 0 Å². The first-order valence-corrected chi connectivity index (χ1v) is 6.86. The minimum atomic E-state index is -0.674. The van der Waals surface area contributed by atoms with Gasteiger partial charge in [-0.15, -0.1) is 0 Å². The first-order valence-electron chi connectivity index (χ1n) is 6.11. The summed E-state index contributed by atoms with van der Waals surface area (Å²) >= 11 is 12.2. The molecule has 0 heterocycles. The third kappa shape index (κ3) is 2.93. The summed E-state index contributed by atoms with van der Waals surface area (Å²) in [5.74, 6) is 0.321. The van der Waals surface area contributed by atoms with Crippen molar-refractivity contribution in [3.05, 3.63) is 57.3 Å². The number of nitrogens with two attached hydrogens (primary N) is 1. The highest BCUT2D eigenvalue weighted by Gasteiger charge is 2.22. The van der Waals surface area contributed by atoms with Gasteiger partial charge in [-0.3, -0.25) is 0 Å². The maximum Gasteiger partial charge on any atom is 0.146 e. The van der Waals surface area contributed by atoms with Gasteiger partial charge in [-0.1, -0.05) is 35.3 Å². The van der Waals surface area contributed by atoms with Gasteiger partial charge in [0.2, 0.25) is 0 Å². The van der Waals surface area contributed by atoms with Crippen LogP contribution in [0.5, 0.6) is 11.5 Å². The topological polar surface area (TPSA) is 44.5 Å². The molecule has 0 aliphatic rings. The SMILES string of the molecule is COc1ccc(C(N)c2cccc(F)c2Cl)c(OC)c1Cl. The summed E-state index contributed by atoms with van der Waals surface area (Å²) in [7, 11) is 2.98. The third-order valence-corrected chi connectivity index (χ3v) is 3.92. The Bertz CT molecular complexity index is 664. The van der Waals surface area contributed by atoms with Crippen LogP contribution < -0.4 is 15.2 Å². The van der Waals surface area contributed by atoms with Gasteiger partial charge < -0.3 is 15.2 Å². The molecule has 112 valence electrons. The van der Waals surface area contributed by atoms with E-state index in [0.29, 0.717) is 27.6 Å². The van der Waals surface area contributed by atoms with Gasteiger partial charge in [0.15, 0.2) is 0 Å². The van der Waals surface area contributed by atoms with Crippen LogP contribution in [-0.4, -0.2) is 14.2 Å². The van der Waals surface area contributed by atoms with Crippen molar-refractivity contribution in [1.29, 1.82) is 0 Å². The molecule has 6 heteroatoms. The molecule has 0 amide bonds. The molecule has 0 aromatic heterocycles. The number of methoxy groups -OCH3 is 2. The highest BCUT2D eigenvalue weighted by atomic mass is 35.5. The lowest BCUT2D eigenvalue weighted by molar-refractivity contribution is 0.390. The second kappa shape index (κ2) is 6.52. The third-order valence-electron chi connectivity index (χ3n) is 3.17. The number of hydrogen-bond donors (Lipinski definition) is 1. The first kappa shape index (κ1) is 15.9. The van der Waals surface area contributed by atoms with Crippen LogP contribution in [0.1, 0.15) is 17.2 Å². The van der Waals surface area contributed by atoms with Crippen LogP contribution in [0.15, 0.2) is 30.3 Å². The Kier molecular flexibility index (Phi) is 4.93. The van der Waals surface area contributed by atoms with Gasteiger partial charge in [0, 0.05) is 5.56 Å². The maximum atomic E-state index is 13.6. The highest BCUT2D eigenvalue weighted by Crippen LogP contribution is 2.41. The molecule has 2 aromatic carbocycles. The molecule has 2 N–H and O–H groups in total. The molecular weight excluding hydrogens is 316 g/mol. The Hall–Kier alpha value is -1.49. The number of rotatable bonds is 4. The summed E-state index contributed by atoms with van der Waals surface area (Å²) in [6.45, 7) is 0. The van der Waals surface area contributed by atoms with E-state index in [0.717, 1.165) is 0 Å². The standard InChI is InChI=1S/C15H14Cl2FNO2/c1-20-11-7-6-9(15(21-2)13(11)17)14(19)8-4-3-5-10(18)12(8)16/h3-7,14H,19H2,1-2H3. The van der Waals surface area contributed by atoms with Crippen molar-refractivity contribution < 1.29 is 13.9 Å². The monoisotopic (exact) mass is 329 g/mol. The summed E-state index contributed by atoms with van der Waals surface area (Å²) in [4.78, 5) is 0. The summed E-state index contributed by atoms with van der Waals surface area (Å²) in [6, 6.07) is 7.20. The van der Waals surface area contributed by atoms with Crippen LogP contribution in [0, 0.1) is 5.82 Å². The summed E-state index contributed by atoms with van der Waals surface area (Å²) in [5.41, 5.74) is 7.24. The van der Waals surface area contributed by atoms with Gasteiger partial charge in [0.1, 0.15) is 22.3 Å². The Labute approximate surface area is 132 Å². The highest BCUT2D eigenvalue weighted by molar-refractivity contribution is 6.33. The van der Waals surface area contributed by atoms with Crippen LogP contribution in [0.4, 0.5) is 4.39 Å². The van der Waals surface area contributed by atoms with E-state index >= 15 is 0 Å². The molecule has 2 rings (SSSR count). The predicted octanol–water partition coefficient (Wildman–Crippen LogP) is 4.20. The Balaban J connectivity index is 2.56. The second-order valence-corrected chi connectivity index (χ2v) is 5.08. The fourth-order valence-corrected chi connectivity index (χ4v) is 2.66. The van der Waals surface area contributed by atoms with Crippen LogP contribution >= 0.6 is 23.2 Å².